The summed E-state index contributed by atoms with van der Waals surface area (Å²) in [4.78, 5) is 17.4. The summed E-state index contributed by atoms with van der Waals surface area (Å²) in [6.45, 7) is 4.87. The Bertz CT molecular complexity index is 913. The second kappa shape index (κ2) is 9.92. The van der Waals surface area contributed by atoms with Gasteiger partial charge in [-0.3, -0.25) is 0 Å². The van der Waals surface area contributed by atoms with Crippen LogP contribution in [-0.2, 0) is 21.0 Å². The molecule has 0 spiro atoms. The minimum Gasteiger partial charge on any atom is -0.489 e. The summed E-state index contributed by atoms with van der Waals surface area (Å²) in [5.41, 5.74) is 4.24. The summed E-state index contributed by atoms with van der Waals surface area (Å²) in [6, 6.07) is 13.6. The molecule has 152 valence electrons. The number of methoxy groups -OCH3 is 1. The van der Waals surface area contributed by atoms with Crippen molar-refractivity contribution in [2.24, 2.45) is 11.1 Å². The molecule has 0 bridgehead atoms. The van der Waals surface area contributed by atoms with Crippen molar-refractivity contribution in [1.29, 1.82) is 0 Å². The molecule has 2 aromatic carbocycles. The number of nitrogens with zero attached hydrogens (tertiary/aromatic N) is 1. The Morgan fingerprint density at radius 2 is 2.00 bits per heavy atom. The quantitative estimate of drug-likeness (QED) is 0.263. The minimum absolute atomic E-state index is 0.350. The maximum Gasteiger partial charge on any atom is 0.338 e. The highest BCUT2D eigenvalue weighted by atomic mass is 16.6. The first-order valence-corrected chi connectivity index (χ1v) is 9.84. The third-order valence-electron chi connectivity index (χ3n) is 4.87. The van der Waals surface area contributed by atoms with Gasteiger partial charge in [0.2, 0.25) is 0 Å². The van der Waals surface area contributed by atoms with Crippen LogP contribution in [0.1, 0.15) is 42.0 Å². The van der Waals surface area contributed by atoms with Gasteiger partial charge in [-0.2, -0.15) is 0 Å². The van der Waals surface area contributed by atoms with Gasteiger partial charge in [-0.1, -0.05) is 35.5 Å². The van der Waals surface area contributed by atoms with Gasteiger partial charge in [0, 0.05) is 0 Å². The molecule has 5 nitrogen and oxygen atoms in total. The summed E-state index contributed by atoms with van der Waals surface area (Å²) in [6.07, 6.45) is 5.98. The molecule has 0 saturated heterocycles. The SMILES string of the molecule is CC=C(C(=O)OC)c1ccccc1COc1ccc(C=NOCC2CC2)cc1C. The predicted octanol–water partition coefficient (Wildman–Crippen LogP) is 4.91. The van der Waals surface area contributed by atoms with Crippen molar-refractivity contribution in [3.05, 3.63) is 70.8 Å². The smallest absolute Gasteiger partial charge is 0.338 e. The van der Waals surface area contributed by atoms with Crippen LogP contribution in [0.4, 0.5) is 0 Å². The number of carbonyl (C=O) groups is 1. The molecule has 1 fully saturated rings. The fraction of sp³-hybridized carbons (Fsp3) is 0.333. The van der Waals surface area contributed by atoms with Gasteiger partial charge in [0.25, 0.3) is 0 Å². The first-order chi connectivity index (χ1) is 14.1. The lowest BCUT2D eigenvalue weighted by molar-refractivity contribution is -0.133. The van der Waals surface area contributed by atoms with E-state index in [-0.39, 0.29) is 5.97 Å². The van der Waals surface area contributed by atoms with Crippen LogP contribution < -0.4 is 4.74 Å². The van der Waals surface area contributed by atoms with E-state index in [4.69, 9.17) is 14.3 Å². The number of hydrogen-bond donors (Lipinski definition) is 0. The lowest BCUT2D eigenvalue weighted by Gasteiger charge is -2.14. The first-order valence-electron chi connectivity index (χ1n) is 9.84. The zero-order valence-electron chi connectivity index (χ0n) is 17.2. The third kappa shape index (κ3) is 5.70. The van der Waals surface area contributed by atoms with Gasteiger partial charge in [-0.05, 0) is 73.1 Å². The van der Waals surface area contributed by atoms with Gasteiger partial charge in [0.15, 0.2) is 0 Å². The van der Waals surface area contributed by atoms with Crippen molar-refractivity contribution >= 4 is 17.8 Å². The third-order valence-corrected chi connectivity index (χ3v) is 4.87. The maximum atomic E-state index is 12.1. The van der Waals surface area contributed by atoms with E-state index in [9.17, 15) is 4.79 Å². The van der Waals surface area contributed by atoms with E-state index < -0.39 is 0 Å². The monoisotopic (exact) mass is 393 g/mol. The van der Waals surface area contributed by atoms with E-state index in [1.807, 2.05) is 56.3 Å². The van der Waals surface area contributed by atoms with Crippen LogP contribution in [0.25, 0.3) is 5.57 Å². The number of hydrogen-bond acceptors (Lipinski definition) is 5. The lowest BCUT2D eigenvalue weighted by Crippen LogP contribution is -2.08. The van der Waals surface area contributed by atoms with Crippen LogP contribution in [0, 0.1) is 12.8 Å². The molecule has 2 aromatic rings. The fourth-order valence-electron chi connectivity index (χ4n) is 3.00. The lowest BCUT2D eigenvalue weighted by atomic mass is 10.00. The number of aryl methyl sites for hydroxylation is 1. The molecule has 0 radical (unpaired) electrons. The Morgan fingerprint density at radius 3 is 2.69 bits per heavy atom. The Hall–Kier alpha value is -3.08. The summed E-state index contributed by atoms with van der Waals surface area (Å²) in [7, 11) is 1.39. The van der Waals surface area contributed by atoms with Crippen LogP contribution in [0.15, 0.2) is 53.7 Å². The number of benzene rings is 2. The molecule has 3 rings (SSSR count). The summed E-state index contributed by atoms with van der Waals surface area (Å²) < 4.78 is 10.9. The number of allylic oxidation sites excluding steroid dienone is 1. The van der Waals surface area contributed by atoms with E-state index in [2.05, 4.69) is 5.16 Å². The number of ether oxygens (including phenoxy) is 2. The molecule has 0 atom stereocenters. The topological polar surface area (TPSA) is 57.1 Å². The Morgan fingerprint density at radius 1 is 1.21 bits per heavy atom. The van der Waals surface area contributed by atoms with E-state index in [1.54, 1.807) is 12.3 Å². The van der Waals surface area contributed by atoms with Crippen molar-refractivity contribution in [3.8, 4) is 5.75 Å². The maximum absolute atomic E-state index is 12.1. The van der Waals surface area contributed by atoms with E-state index in [0.717, 1.165) is 28.0 Å². The van der Waals surface area contributed by atoms with Crippen molar-refractivity contribution in [2.75, 3.05) is 13.7 Å². The molecule has 5 heteroatoms. The second-order valence-electron chi connectivity index (χ2n) is 7.14. The van der Waals surface area contributed by atoms with Crippen LogP contribution in [0.3, 0.4) is 0 Å². The van der Waals surface area contributed by atoms with Gasteiger partial charge in [-0.25, -0.2) is 4.79 Å². The van der Waals surface area contributed by atoms with Gasteiger partial charge >= 0.3 is 5.97 Å². The fourth-order valence-corrected chi connectivity index (χ4v) is 3.00. The molecule has 0 amide bonds. The highest BCUT2D eigenvalue weighted by Gasteiger charge is 2.21. The van der Waals surface area contributed by atoms with E-state index in [1.165, 1.54) is 20.0 Å². The minimum atomic E-state index is -0.358. The highest BCUT2D eigenvalue weighted by molar-refractivity contribution is 6.16. The number of esters is 1. The molecular weight excluding hydrogens is 366 g/mol. The Kier molecular flexibility index (Phi) is 7.06. The first kappa shape index (κ1) is 20.6. The molecular formula is C24H27NO4. The Balaban J connectivity index is 1.66. The van der Waals surface area contributed by atoms with Crippen molar-refractivity contribution in [2.45, 2.75) is 33.3 Å². The summed E-state index contributed by atoms with van der Waals surface area (Å²) in [5, 5.41) is 4.04. The number of carbonyl (C=O) groups excluding carboxylic acids is 1. The van der Waals surface area contributed by atoms with Crippen LogP contribution in [0.5, 0.6) is 5.75 Å². The molecule has 1 saturated carbocycles. The summed E-state index contributed by atoms with van der Waals surface area (Å²) >= 11 is 0. The van der Waals surface area contributed by atoms with Crippen molar-refractivity contribution in [3.63, 3.8) is 0 Å². The second-order valence-corrected chi connectivity index (χ2v) is 7.14. The standard InChI is InChI=1S/C24H27NO4/c1-4-21(24(26)27-3)22-8-6-5-7-20(22)16-28-23-12-11-19(13-17(23)2)14-25-29-15-18-9-10-18/h4-8,11-14,18H,9-10,15-16H2,1-3H3. The summed E-state index contributed by atoms with van der Waals surface area (Å²) in [5.74, 6) is 1.12. The van der Waals surface area contributed by atoms with Crippen LogP contribution >= 0.6 is 0 Å². The van der Waals surface area contributed by atoms with E-state index in [0.29, 0.717) is 24.7 Å². The van der Waals surface area contributed by atoms with E-state index >= 15 is 0 Å². The molecule has 1 aliphatic rings. The number of oxime groups is 1. The van der Waals surface area contributed by atoms with Crippen molar-refractivity contribution in [1.82, 2.24) is 0 Å². The average Bonchev–Trinajstić information content (AvgIpc) is 3.56. The average molecular weight is 393 g/mol. The van der Waals surface area contributed by atoms with Crippen molar-refractivity contribution < 1.29 is 19.1 Å². The molecule has 0 heterocycles. The molecule has 0 N–H and O–H groups in total. The molecule has 0 aromatic heterocycles. The van der Waals surface area contributed by atoms with Gasteiger partial charge in [0.05, 0.1) is 18.9 Å². The zero-order chi connectivity index (χ0) is 20.6. The zero-order valence-corrected chi connectivity index (χ0v) is 17.2. The normalized spacial score (nSPS) is 14.1. The van der Waals surface area contributed by atoms with Gasteiger partial charge < -0.3 is 14.3 Å². The largest absolute Gasteiger partial charge is 0.489 e. The molecule has 0 unspecified atom stereocenters. The molecule has 1 aliphatic carbocycles. The molecule has 0 aliphatic heterocycles. The van der Waals surface area contributed by atoms with Crippen LogP contribution in [-0.4, -0.2) is 25.9 Å². The van der Waals surface area contributed by atoms with Gasteiger partial charge in [0.1, 0.15) is 19.0 Å². The van der Waals surface area contributed by atoms with Crippen LogP contribution in [0.2, 0.25) is 0 Å². The number of rotatable bonds is 9. The highest BCUT2D eigenvalue weighted by Crippen LogP contribution is 2.29. The molecule has 29 heavy (non-hydrogen) atoms. The predicted molar refractivity (Wildman–Crippen MR) is 114 cm³/mol. The Labute approximate surface area is 172 Å². The van der Waals surface area contributed by atoms with Gasteiger partial charge in [-0.15, -0.1) is 0 Å².